The smallest absolute Gasteiger partial charge is 0.253 e. The largest absolute Gasteiger partial charge is 0.378 e. The summed E-state index contributed by atoms with van der Waals surface area (Å²) in [6.07, 6.45) is 1.43. The SMILES string of the molecule is CNC(=O)c1ccccc1Nc1nc(Nc2ccc(N3CCOCC3)c(F)c2)ncc1Cl. The molecule has 32 heavy (non-hydrogen) atoms. The molecule has 3 aromatic rings. The maximum absolute atomic E-state index is 14.7. The van der Waals surface area contributed by atoms with Crippen LogP contribution in [0.2, 0.25) is 5.02 Å². The van der Waals surface area contributed by atoms with Gasteiger partial charge in [0.25, 0.3) is 5.91 Å². The van der Waals surface area contributed by atoms with Gasteiger partial charge >= 0.3 is 0 Å². The Balaban J connectivity index is 1.53. The van der Waals surface area contributed by atoms with Crippen molar-refractivity contribution in [3.05, 3.63) is 65.1 Å². The molecule has 0 radical (unpaired) electrons. The van der Waals surface area contributed by atoms with Crippen LogP contribution in [0.25, 0.3) is 0 Å². The summed E-state index contributed by atoms with van der Waals surface area (Å²) >= 11 is 6.26. The lowest BCUT2D eigenvalue weighted by Crippen LogP contribution is -2.36. The average Bonchev–Trinajstić information content (AvgIpc) is 2.82. The normalized spacial score (nSPS) is 13.5. The topological polar surface area (TPSA) is 91.4 Å². The number of halogens is 2. The van der Waals surface area contributed by atoms with E-state index in [-0.39, 0.29) is 22.7 Å². The van der Waals surface area contributed by atoms with Crippen molar-refractivity contribution in [3.8, 4) is 0 Å². The molecule has 1 amide bonds. The first kappa shape index (κ1) is 21.8. The number of carbonyl (C=O) groups is 1. The van der Waals surface area contributed by atoms with Crippen LogP contribution in [0.15, 0.2) is 48.7 Å². The Labute approximate surface area is 189 Å². The third-order valence-electron chi connectivity index (χ3n) is 4.95. The molecule has 2 heterocycles. The van der Waals surface area contributed by atoms with Crippen LogP contribution in [0.1, 0.15) is 10.4 Å². The van der Waals surface area contributed by atoms with Crippen LogP contribution in [-0.2, 0) is 4.74 Å². The summed E-state index contributed by atoms with van der Waals surface area (Å²) in [5.41, 5.74) is 2.02. The van der Waals surface area contributed by atoms with E-state index in [1.807, 2.05) is 4.90 Å². The highest BCUT2D eigenvalue weighted by Gasteiger charge is 2.16. The molecule has 1 aliphatic rings. The van der Waals surface area contributed by atoms with Crippen LogP contribution in [0.4, 0.5) is 33.2 Å². The van der Waals surface area contributed by atoms with E-state index in [9.17, 15) is 9.18 Å². The van der Waals surface area contributed by atoms with Crippen molar-refractivity contribution in [3.63, 3.8) is 0 Å². The van der Waals surface area contributed by atoms with Gasteiger partial charge in [0.1, 0.15) is 10.8 Å². The standard InChI is InChI=1S/C22H22ClFN6O2/c1-25-21(31)15-4-2-3-5-18(15)28-20-16(23)13-26-22(29-20)27-14-6-7-19(17(24)12-14)30-8-10-32-11-9-30/h2-7,12-13H,8-11H2,1H3,(H,25,31)(H2,26,27,28,29). The highest BCUT2D eigenvalue weighted by molar-refractivity contribution is 6.33. The predicted octanol–water partition coefficient (Wildman–Crippen LogP) is 3.95. The van der Waals surface area contributed by atoms with Crippen molar-refractivity contribution < 1.29 is 13.9 Å². The summed E-state index contributed by atoms with van der Waals surface area (Å²) in [5.74, 6) is -0.0463. The average molecular weight is 457 g/mol. The fourth-order valence-electron chi connectivity index (χ4n) is 3.34. The number of anilines is 5. The second-order valence-corrected chi connectivity index (χ2v) is 7.44. The van der Waals surface area contributed by atoms with E-state index in [1.165, 1.54) is 12.3 Å². The van der Waals surface area contributed by atoms with Gasteiger partial charge in [-0.2, -0.15) is 4.98 Å². The Bertz CT molecular complexity index is 1120. The first-order valence-corrected chi connectivity index (χ1v) is 10.4. The van der Waals surface area contributed by atoms with Gasteiger partial charge in [0.2, 0.25) is 5.95 Å². The molecule has 1 aromatic heterocycles. The van der Waals surface area contributed by atoms with Crippen molar-refractivity contribution in [2.75, 3.05) is 48.9 Å². The van der Waals surface area contributed by atoms with Gasteiger partial charge in [0.05, 0.1) is 36.3 Å². The molecule has 166 valence electrons. The quantitative estimate of drug-likeness (QED) is 0.517. The van der Waals surface area contributed by atoms with E-state index >= 15 is 0 Å². The third-order valence-corrected chi connectivity index (χ3v) is 5.23. The summed E-state index contributed by atoms with van der Waals surface area (Å²) in [6.45, 7) is 2.46. The van der Waals surface area contributed by atoms with Crippen molar-refractivity contribution >= 4 is 46.3 Å². The molecular weight excluding hydrogens is 435 g/mol. The molecule has 0 saturated carbocycles. The van der Waals surface area contributed by atoms with Crippen LogP contribution in [0.5, 0.6) is 0 Å². The number of nitrogens with one attached hydrogen (secondary N) is 3. The molecule has 1 fully saturated rings. The molecule has 0 bridgehead atoms. The number of amides is 1. The summed E-state index contributed by atoms with van der Waals surface area (Å²) in [6, 6.07) is 11.9. The minimum Gasteiger partial charge on any atom is -0.378 e. The number of carbonyl (C=O) groups excluding carboxylic acids is 1. The predicted molar refractivity (Wildman–Crippen MR) is 123 cm³/mol. The zero-order valence-corrected chi connectivity index (χ0v) is 18.1. The van der Waals surface area contributed by atoms with Gasteiger partial charge in [-0.1, -0.05) is 23.7 Å². The zero-order chi connectivity index (χ0) is 22.5. The molecule has 0 atom stereocenters. The Morgan fingerprint density at radius 1 is 1.16 bits per heavy atom. The number of ether oxygens (including phenoxy) is 1. The molecule has 2 aromatic carbocycles. The second kappa shape index (κ2) is 9.80. The van der Waals surface area contributed by atoms with E-state index in [0.717, 1.165) is 0 Å². The first-order valence-electron chi connectivity index (χ1n) is 10.0. The molecule has 1 saturated heterocycles. The molecular formula is C22H22ClFN6O2. The van der Waals surface area contributed by atoms with Crippen molar-refractivity contribution in [2.45, 2.75) is 0 Å². The number of hydrogen-bond donors (Lipinski definition) is 3. The fraction of sp³-hybridized carbons (Fsp3) is 0.227. The van der Waals surface area contributed by atoms with Gasteiger partial charge < -0.3 is 25.6 Å². The van der Waals surface area contributed by atoms with Gasteiger partial charge in [-0.25, -0.2) is 9.37 Å². The van der Waals surface area contributed by atoms with Gasteiger partial charge in [0, 0.05) is 25.8 Å². The third kappa shape index (κ3) is 4.90. The van der Waals surface area contributed by atoms with Gasteiger partial charge in [-0.15, -0.1) is 0 Å². The van der Waals surface area contributed by atoms with E-state index < -0.39 is 0 Å². The molecule has 8 nitrogen and oxygen atoms in total. The highest BCUT2D eigenvalue weighted by Crippen LogP contribution is 2.28. The number of benzene rings is 2. The second-order valence-electron chi connectivity index (χ2n) is 7.03. The van der Waals surface area contributed by atoms with E-state index in [1.54, 1.807) is 43.4 Å². The van der Waals surface area contributed by atoms with Gasteiger partial charge in [-0.3, -0.25) is 4.79 Å². The lowest BCUT2D eigenvalue weighted by Gasteiger charge is -2.29. The lowest BCUT2D eigenvalue weighted by atomic mass is 10.1. The summed E-state index contributed by atoms with van der Waals surface area (Å²) in [7, 11) is 1.56. The first-order chi connectivity index (χ1) is 15.5. The number of nitrogens with zero attached hydrogens (tertiary/aromatic N) is 3. The molecule has 4 rings (SSSR count). The molecule has 0 aliphatic carbocycles. The van der Waals surface area contributed by atoms with Gasteiger partial charge in [-0.05, 0) is 30.3 Å². The Morgan fingerprint density at radius 3 is 2.69 bits per heavy atom. The number of para-hydroxylation sites is 1. The maximum Gasteiger partial charge on any atom is 0.253 e. The van der Waals surface area contributed by atoms with Crippen LogP contribution < -0.4 is 20.9 Å². The number of morpholine rings is 1. The number of aromatic nitrogens is 2. The maximum atomic E-state index is 14.7. The minimum atomic E-state index is -0.344. The van der Waals surface area contributed by atoms with E-state index in [2.05, 4.69) is 25.9 Å². The van der Waals surface area contributed by atoms with Crippen LogP contribution in [-0.4, -0.2) is 49.2 Å². The minimum absolute atomic E-state index is 0.229. The molecule has 10 heteroatoms. The highest BCUT2D eigenvalue weighted by atomic mass is 35.5. The molecule has 0 spiro atoms. The molecule has 1 aliphatic heterocycles. The molecule has 3 N–H and O–H groups in total. The van der Waals surface area contributed by atoms with Crippen molar-refractivity contribution in [1.82, 2.24) is 15.3 Å². The number of rotatable bonds is 6. The lowest BCUT2D eigenvalue weighted by molar-refractivity contribution is 0.0964. The monoisotopic (exact) mass is 456 g/mol. The Hall–Kier alpha value is -3.43. The van der Waals surface area contributed by atoms with Crippen LogP contribution in [0, 0.1) is 5.82 Å². The summed E-state index contributed by atoms with van der Waals surface area (Å²) < 4.78 is 20.0. The Morgan fingerprint density at radius 2 is 1.94 bits per heavy atom. The van der Waals surface area contributed by atoms with Gasteiger partial charge in [0.15, 0.2) is 5.82 Å². The van der Waals surface area contributed by atoms with E-state index in [0.29, 0.717) is 54.7 Å². The van der Waals surface area contributed by atoms with Crippen LogP contribution in [0.3, 0.4) is 0 Å². The van der Waals surface area contributed by atoms with Crippen molar-refractivity contribution in [2.24, 2.45) is 0 Å². The summed E-state index contributed by atoms with van der Waals surface area (Å²) in [4.78, 5) is 22.6. The molecule has 0 unspecified atom stereocenters. The van der Waals surface area contributed by atoms with Crippen LogP contribution >= 0.6 is 11.6 Å². The van der Waals surface area contributed by atoms with Crippen molar-refractivity contribution in [1.29, 1.82) is 0 Å². The fourth-order valence-corrected chi connectivity index (χ4v) is 3.48. The Kier molecular flexibility index (Phi) is 6.67. The zero-order valence-electron chi connectivity index (χ0n) is 17.4. The van der Waals surface area contributed by atoms with E-state index in [4.69, 9.17) is 16.3 Å². The number of hydrogen-bond acceptors (Lipinski definition) is 7. The summed E-state index contributed by atoms with van der Waals surface area (Å²) in [5, 5.41) is 8.93.